The van der Waals surface area contributed by atoms with Gasteiger partial charge in [0.05, 0.1) is 18.3 Å². The summed E-state index contributed by atoms with van der Waals surface area (Å²) in [5.41, 5.74) is -0.0348. The van der Waals surface area contributed by atoms with E-state index in [0.29, 0.717) is 12.1 Å². The maximum atomic E-state index is 5.59. The molecule has 0 saturated heterocycles. The molecule has 0 aliphatic carbocycles. The molecular weight excluding hydrogens is 190 g/mol. The van der Waals surface area contributed by atoms with Crippen LogP contribution in [0.15, 0.2) is 0 Å². The molecule has 0 aromatic heterocycles. The van der Waals surface area contributed by atoms with Crippen molar-refractivity contribution in [3.8, 4) is 0 Å². The number of ether oxygens (including phenoxy) is 2. The molecule has 0 bridgehead atoms. The van der Waals surface area contributed by atoms with Gasteiger partial charge in [-0.2, -0.15) is 0 Å². The van der Waals surface area contributed by atoms with Crippen LogP contribution in [0.1, 0.15) is 40.5 Å². The monoisotopic (exact) mass is 217 g/mol. The minimum Gasteiger partial charge on any atom is -0.379 e. The molecule has 0 saturated carbocycles. The molecule has 0 aromatic carbocycles. The van der Waals surface area contributed by atoms with Crippen LogP contribution in [-0.4, -0.2) is 38.5 Å². The topological polar surface area (TPSA) is 30.5 Å². The first-order valence-corrected chi connectivity index (χ1v) is 5.75. The highest BCUT2D eigenvalue weighted by Crippen LogP contribution is 2.16. The van der Waals surface area contributed by atoms with Crippen LogP contribution in [0.3, 0.4) is 0 Å². The third-order valence-electron chi connectivity index (χ3n) is 2.69. The van der Waals surface area contributed by atoms with Gasteiger partial charge in [0.25, 0.3) is 0 Å². The Morgan fingerprint density at radius 1 is 1.27 bits per heavy atom. The van der Waals surface area contributed by atoms with E-state index < -0.39 is 0 Å². The molecule has 1 N–H and O–H groups in total. The Hall–Kier alpha value is -0.120. The summed E-state index contributed by atoms with van der Waals surface area (Å²) in [5.74, 6) is 0. The first-order valence-electron chi connectivity index (χ1n) is 5.75. The summed E-state index contributed by atoms with van der Waals surface area (Å²) in [6, 6.07) is 0.418. The number of methoxy groups -OCH3 is 1. The van der Waals surface area contributed by atoms with Crippen molar-refractivity contribution in [2.24, 2.45) is 0 Å². The van der Waals surface area contributed by atoms with Gasteiger partial charge in [-0.15, -0.1) is 0 Å². The van der Waals surface area contributed by atoms with E-state index in [1.807, 2.05) is 7.05 Å². The summed E-state index contributed by atoms with van der Waals surface area (Å²) >= 11 is 0. The van der Waals surface area contributed by atoms with Crippen molar-refractivity contribution in [2.45, 2.75) is 58.3 Å². The quantitative estimate of drug-likeness (QED) is 0.676. The minimum absolute atomic E-state index is 0.0348. The van der Waals surface area contributed by atoms with Crippen LogP contribution in [0.4, 0.5) is 0 Å². The molecular formula is C12H27NO2. The third kappa shape index (κ3) is 7.77. The zero-order valence-corrected chi connectivity index (χ0v) is 11.1. The average Bonchev–Trinajstić information content (AvgIpc) is 2.18. The van der Waals surface area contributed by atoms with E-state index in [0.717, 1.165) is 19.4 Å². The largest absolute Gasteiger partial charge is 0.379 e. The second-order valence-electron chi connectivity index (χ2n) is 4.87. The fourth-order valence-corrected chi connectivity index (χ4v) is 1.24. The molecule has 92 valence electrons. The Kier molecular flexibility index (Phi) is 7.14. The van der Waals surface area contributed by atoms with E-state index in [1.165, 1.54) is 0 Å². The van der Waals surface area contributed by atoms with Gasteiger partial charge in [-0.1, -0.05) is 0 Å². The highest BCUT2D eigenvalue weighted by atomic mass is 16.5. The van der Waals surface area contributed by atoms with Gasteiger partial charge in [-0.25, -0.2) is 0 Å². The number of hydrogen-bond donors (Lipinski definition) is 1. The summed E-state index contributed by atoms with van der Waals surface area (Å²) in [7, 11) is 3.74. The van der Waals surface area contributed by atoms with Crippen molar-refractivity contribution >= 4 is 0 Å². The van der Waals surface area contributed by atoms with Crippen LogP contribution < -0.4 is 5.32 Å². The summed E-state index contributed by atoms with van der Waals surface area (Å²) in [6.07, 6.45) is 2.41. The SMILES string of the molecule is CNC(CCC(C)(C)OC)COC(C)C. The first-order chi connectivity index (χ1) is 6.91. The van der Waals surface area contributed by atoms with E-state index in [-0.39, 0.29) is 5.60 Å². The van der Waals surface area contributed by atoms with E-state index in [2.05, 4.69) is 33.0 Å². The molecule has 1 atom stereocenters. The minimum atomic E-state index is -0.0348. The fraction of sp³-hybridized carbons (Fsp3) is 1.00. The highest BCUT2D eigenvalue weighted by molar-refractivity contribution is 4.73. The van der Waals surface area contributed by atoms with Crippen molar-refractivity contribution in [1.82, 2.24) is 5.32 Å². The van der Waals surface area contributed by atoms with Crippen molar-refractivity contribution in [2.75, 3.05) is 20.8 Å². The average molecular weight is 217 g/mol. The van der Waals surface area contributed by atoms with Gasteiger partial charge < -0.3 is 14.8 Å². The van der Waals surface area contributed by atoms with Gasteiger partial charge >= 0.3 is 0 Å². The Morgan fingerprint density at radius 2 is 1.87 bits per heavy atom. The molecule has 0 rings (SSSR count). The Labute approximate surface area is 94.5 Å². The van der Waals surface area contributed by atoms with Crippen LogP contribution in [0.5, 0.6) is 0 Å². The van der Waals surface area contributed by atoms with Crippen LogP contribution >= 0.6 is 0 Å². The molecule has 0 fully saturated rings. The van der Waals surface area contributed by atoms with E-state index in [9.17, 15) is 0 Å². The summed E-state index contributed by atoms with van der Waals surface area (Å²) in [5, 5.41) is 3.27. The molecule has 0 spiro atoms. The molecule has 0 heterocycles. The predicted molar refractivity (Wildman–Crippen MR) is 64.3 cm³/mol. The van der Waals surface area contributed by atoms with Crippen LogP contribution in [0.2, 0.25) is 0 Å². The lowest BCUT2D eigenvalue weighted by atomic mass is 9.99. The van der Waals surface area contributed by atoms with E-state index >= 15 is 0 Å². The molecule has 0 aromatic rings. The zero-order valence-electron chi connectivity index (χ0n) is 11.1. The lowest BCUT2D eigenvalue weighted by Gasteiger charge is -2.26. The van der Waals surface area contributed by atoms with Crippen molar-refractivity contribution in [3.63, 3.8) is 0 Å². The molecule has 0 radical (unpaired) electrons. The summed E-state index contributed by atoms with van der Waals surface area (Å²) in [6.45, 7) is 9.12. The molecule has 15 heavy (non-hydrogen) atoms. The Balaban J connectivity index is 3.79. The van der Waals surface area contributed by atoms with Gasteiger partial charge in [0, 0.05) is 13.2 Å². The second kappa shape index (κ2) is 7.20. The molecule has 3 heteroatoms. The molecule has 0 aliphatic heterocycles. The van der Waals surface area contributed by atoms with Gasteiger partial charge in [-0.3, -0.25) is 0 Å². The third-order valence-corrected chi connectivity index (χ3v) is 2.69. The van der Waals surface area contributed by atoms with E-state index in [1.54, 1.807) is 7.11 Å². The molecule has 0 amide bonds. The Morgan fingerprint density at radius 3 is 2.27 bits per heavy atom. The van der Waals surface area contributed by atoms with Crippen molar-refractivity contribution in [3.05, 3.63) is 0 Å². The number of nitrogens with one attached hydrogen (secondary N) is 1. The van der Waals surface area contributed by atoms with E-state index in [4.69, 9.17) is 9.47 Å². The van der Waals surface area contributed by atoms with Crippen molar-refractivity contribution in [1.29, 1.82) is 0 Å². The standard InChI is InChI=1S/C12H27NO2/c1-10(2)15-9-11(13-5)7-8-12(3,4)14-6/h10-11,13H,7-9H2,1-6H3. The van der Waals surface area contributed by atoms with Crippen LogP contribution in [0.25, 0.3) is 0 Å². The van der Waals surface area contributed by atoms with Gasteiger partial charge in [0.15, 0.2) is 0 Å². The van der Waals surface area contributed by atoms with Crippen molar-refractivity contribution < 1.29 is 9.47 Å². The first kappa shape index (κ1) is 14.9. The zero-order chi connectivity index (χ0) is 11.9. The smallest absolute Gasteiger partial charge is 0.0623 e. The second-order valence-corrected chi connectivity index (χ2v) is 4.87. The summed E-state index contributed by atoms with van der Waals surface area (Å²) < 4.78 is 11.0. The van der Waals surface area contributed by atoms with Crippen LogP contribution in [0, 0.1) is 0 Å². The van der Waals surface area contributed by atoms with Gasteiger partial charge in [0.1, 0.15) is 0 Å². The van der Waals surface area contributed by atoms with Gasteiger partial charge in [-0.05, 0) is 47.6 Å². The maximum absolute atomic E-state index is 5.59. The van der Waals surface area contributed by atoms with Crippen LogP contribution in [-0.2, 0) is 9.47 Å². The lowest BCUT2D eigenvalue weighted by Crippen LogP contribution is -2.34. The van der Waals surface area contributed by atoms with Gasteiger partial charge in [0.2, 0.25) is 0 Å². The Bertz CT molecular complexity index is 158. The lowest BCUT2D eigenvalue weighted by molar-refractivity contribution is 0.00552. The normalized spacial score (nSPS) is 14.6. The number of likely N-dealkylation sites (N-methyl/N-ethyl adjacent to an activating group) is 1. The predicted octanol–water partition coefficient (Wildman–Crippen LogP) is 2.20. The number of rotatable bonds is 8. The molecule has 3 nitrogen and oxygen atoms in total. The molecule has 1 unspecified atom stereocenters. The fourth-order valence-electron chi connectivity index (χ4n) is 1.24. The number of hydrogen-bond acceptors (Lipinski definition) is 3. The highest BCUT2D eigenvalue weighted by Gasteiger charge is 2.18. The maximum Gasteiger partial charge on any atom is 0.0623 e. The summed E-state index contributed by atoms with van der Waals surface area (Å²) in [4.78, 5) is 0. The molecule has 0 aliphatic rings.